The summed E-state index contributed by atoms with van der Waals surface area (Å²) in [5.41, 5.74) is 6.53. The number of hydrogen-bond donors (Lipinski definition) is 4. The third-order valence-electron chi connectivity index (χ3n) is 4.84. The molecule has 2 aliphatic rings. The number of ether oxygens (including phenoxy) is 1. The highest BCUT2D eigenvalue weighted by molar-refractivity contribution is 6.07. The lowest BCUT2D eigenvalue weighted by molar-refractivity contribution is -0.306. The van der Waals surface area contributed by atoms with Crippen LogP contribution in [0.5, 0.6) is 0 Å². The molecule has 0 saturated heterocycles. The molecule has 11 heteroatoms. The number of benzene rings is 1. The van der Waals surface area contributed by atoms with Crippen molar-refractivity contribution in [2.75, 3.05) is 5.32 Å². The van der Waals surface area contributed by atoms with Crippen LogP contribution in [0.15, 0.2) is 59.0 Å². The second-order valence-corrected chi connectivity index (χ2v) is 7.02. The first kappa shape index (κ1) is 20.3. The van der Waals surface area contributed by atoms with Gasteiger partial charge in [-0.25, -0.2) is 4.79 Å². The van der Waals surface area contributed by atoms with Crippen LogP contribution in [0.2, 0.25) is 0 Å². The van der Waals surface area contributed by atoms with E-state index in [4.69, 9.17) is 0 Å². The molecule has 1 aliphatic carbocycles. The summed E-state index contributed by atoms with van der Waals surface area (Å²) < 4.78 is 41.7. The Morgan fingerprint density at radius 2 is 2.16 bits per heavy atom. The minimum Gasteiger partial charge on any atom is -0.401 e. The van der Waals surface area contributed by atoms with E-state index in [9.17, 15) is 22.8 Å². The van der Waals surface area contributed by atoms with E-state index in [1.807, 2.05) is 0 Å². The normalized spacial score (nSPS) is 20.9. The Labute approximate surface area is 173 Å². The number of alkyl halides is 3. The molecule has 160 valence electrons. The van der Waals surface area contributed by atoms with Crippen molar-refractivity contribution in [1.82, 2.24) is 20.8 Å². The van der Waals surface area contributed by atoms with Crippen LogP contribution in [0.1, 0.15) is 13.3 Å². The molecule has 1 aliphatic heterocycles. The molecule has 1 aromatic heterocycles. The Bertz CT molecular complexity index is 1200. The fraction of sp³-hybridized carbons (Fsp3) is 0.250. The lowest BCUT2D eigenvalue weighted by Crippen LogP contribution is -2.53. The van der Waals surface area contributed by atoms with Gasteiger partial charge in [0.15, 0.2) is 5.76 Å². The Hall–Kier alpha value is -3.94. The van der Waals surface area contributed by atoms with Crippen LogP contribution in [0.3, 0.4) is 0 Å². The molecule has 1 aromatic carbocycles. The van der Waals surface area contributed by atoms with Crippen LogP contribution < -0.4 is 16.0 Å². The van der Waals surface area contributed by atoms with Gasteiger partial charge in [-0.1, -0.05) is 5.73 Å². The number of allylic oxidation sites excluding steroid dienone is 2. The second-order valence-electron chi connectivity index (χ2n) is 7.02. The van der Waals surface area contributed by atoms with Crippen molar-refractivity contribution in [3.8, 4) is 0 Å². The zero-order valence-electron chi connectivity index (χ0n) is 16.1. The zero-order valence-corrected chi connectivity index (χ0v) is 16.1. The molecule has 2 aromatic rings. The SMILES string of the molecule is CC1=C(C(=O)Nc2ccc3[nH]ncc3c2)C(C2C=C=C=C(OC(F)(F)F)C2)NC(=O)N1. The smallest absolute Gasteiger partial charge is 0.401 e. The van der Waals surface area contributed by atoms with E-state index in [0.29, 0.717) is 11.4 Å². The number of fused-ring (bicyclic) bond motifs is 1. The lowest BCUT2D eigenvalue weighted by atomic mass is 9.86. The number of aromatic amines is 1. The summed E-state index contributed by atoms with van der Waals surface area (Å²) in [6.45, 7) is 1.55. The molecule has 0 radical (unpaired) electrons. The molecule has 0 saturated carbocycles. The topological polar surface area (TPSA) is 108 Å². The molecule has 4 N–H and O–H groups in total. The number of urea groups is 1. The summed E-state index contributed by atoms with van der Waals surface area (Å²) in [6, 6.07) is 3.69. The van der Waals surface area contributed by atoms with E-state index in [1.165, 1.54) is 6.08 Å². The van der Waals surface area contributed by atoms with Crippen LogP contribution in [-0.4, -0.2) is 34.5 Å². The molecule has 2 heterocycles. The molecule has 4 rings (SSSR count). The number of nitrogens with one attached hydrogen (secondary N) is 4. The average Bonchev–Trinajstić information content (AvgIpc) is 3.14. The summed E-state index contributed by atoms with van der Waals surface area (Å²) in [5, 5.41) is 15.4. The number of amides is 3. The van der Waals surface area contributed by atoms with Gasteiger partial charge in [-0.2, -0.15) is 5.10 Å². The first-order chi connectivity index (χ1) is 14.7. The third kappa shape index (κ3) is 4.48. The fourth-order valence-corrected chi connectivity index (χ4v) is 3.55. The minimum absolute atomic E-state index is 0.184. The van der Waals surface area contributed by atoms with E-state index >= 15 is 0 Å². The highest BCUT2D eigenvalue weighted by Crippen LogP contribution is 2.31. The lowest BCUT2D eigenvalue weighted by Gasteiger charge is -2.33. The van der Waals surface area contributed by atoms with Gasteiger partial charge in [-0.3, -0.25) is 9.89 Å². The maximum Gasteiger partial charge on any atom is 0.573 e. The zero-order chi connectivity index (χ0) is 22.2. The van der Waals surface area contributed by atoms with E-state index in [0.717, 1.165) is 10.9 Å². The Balaban J connectivity index is 1.58. The minimum atomic E-state index is -4.87. The van der Waals surface area contributed by atoms with Crippen molar-refractivity contribution in [2.24, 2.45) is 5.92 Å². The molecule has 0 bridgehead atoms. The standard InChI is InChI=1S/C20H16F3N5O3/c1-10-16(18(29)26-13-5-6-15-12(7-13)9-24-28-15)17(27-19(30)25-10)11-3-2-4-14(8-11)31-20(21,22)23/h3,5-7,9,11,17H,8H2,1H3,(H,24,28)(H,26,29)(H2,25,27,30). The monoisotopic (exact) mass is 431 g/mol. The number of carbonyl (C=O) groups is 2. The van der Waals surface area contributed by atoms with E-state index in [-0.39, 0.29) is 12.0 Å². The third-order valence-corrected chi connectivity index (χ3v) is 4.84. The van der Waals surface area contributed by atoms with Crippen LogP contribution in [0, 0.1) is 5.92 Å². The average molecular weight is 431 g/mol. The van der Waals surface area contributed by atoms with Gasteiger partial charge in [0, 0.05) is 29.1 Å². The van der Waals surface area contributed by atoms with Gasteiger partial charge in [-0.15, -0.1) is 13.2 Å². The molecular weight excluding hydrogens is 415 g/mol. The Kier molecular flexibility index (Phi) is 5.06. The summed E-state index contributed by atoms with van der Waals surface area (Å²) in [6.07, 6.45) is -2.03. The molecule has 31 heavy (non-hydrogen) atoms. The predicted molar refractivity (Wildman–Crippen MR) is 103 cm³/mol. The van der Waals surface area contributed by atoms with Crippen LogP contribution >= 0.6 is 0 Å². The number of aromatic nitrogens is 2. The molecule has 2 atom stereocenters. The van der Waals surface area contributed by atoms with Crippen LogP contribution in [0.4, 0.5) is 23.7 Å². The predicted octanol–water partition coefficient (Wildman–Crippen LogP) is 3.21. The van der Waals surface area contributed by atoms with Crippen molar-refractivity contribution in [1.29, 1.82) is 0 Å². The molecule has 2 unspecified atom stereocenters. The Morgan fingerprint density at radius 1 is 1.35 bits per heavy atom. The first-order valence-electron chi connectivity index (χ1n) is 9.19. The number of carbonyl (C=O) groups excluding carboxylic acids is 2. The second kappa shape index (κ2) is 7.71. The van der Waals surface area contributed by atoms with Gasteiger partial charge in [-0.05, 0) is 36.9 Å². The quantitative estimate of drug-likeness (QED) is 0.558. The number of rotatable bonds is 4. The van der Waals surface area contributed by atoms with Crippen molar-refractivity contribution in [2.45, 2.75) is 25.7 Å². The number of H-pyrrole nitrogens is 1. The number of nitrogens with zero attached hydrogens (tertiary/aromatic N) is 1. The van der Waals surface area contributed by atoms with Gasteiger partial charge < -0.3 is 20.7 Å². The van der Waals surface area contributed by atoms with Gasteiger partial charge in [0.05, 0.1) is 23.3 Å². The van der Waals surface area contributed by atoms with Gasteiger partial charge >= 0.3 is 12.4 Å². The number of hydrogen-bond acceptors (Lipinski definition) is 4. The summed E-state index contributed by atoms with van der Waals surface area (Å²) in [5.74, 6) is -1.68. The molecule has 0 fully saturated rings. The molecule has 0 spiro atoms. The number of anilines is 1. The molecule has 3 amide bonds. The van der Waals surface area contributed by atoms with Gasteiger partial charge in [0.1, 0.15) is 0 Å². The van der Waals surface area contributed by atoms with Gasteiger partial charge in [0.2, 0.25) is 0 Å². The largest absolute Gasteiger partial charge is 0.573 e. The fourth-order valence-electron chi connectivity index (χ4n) is 3.55. The van der Waals surface area contributed by atoms with Crippen molar-refractivity contribution >= 4 is 28.5 Å². The van der Waals surface area contributed by atoms with E-state index in [1.54, 1.807) is 31.3 Å². The maximum absolute atomic E-state index is 13.1. The molecular formula is C20H16F3N5O3. The summed E-state index contributed by atoms with van der Waals surface area (Å²) in [7, 11) is 0. The van der Waals surface area contributed by atoms with Crippen LogP contribution in [-0.2, 0) is 9.53 Å². The summed E-state index contributed by atoms with van der Waals surface area (Å²) >= 11 is 0. The van der Waals surface area contributed by atoms with Crippen LogP contribution in [0.25, 0.3) is 10.9 Å². The molecule has 8 nitrogen and oxygen atoms in total. The van der Waals surface area contributed by atoms with Crippen molar-refractivity contribution in [3.63, 3.8) is 0 Å². The summed E-state index contributed by atoms with van der Waals surface area (Å²) in [4.78, 5) is 25.1. The van der Waals surface area contributed by atoms with Crippen molar-refractivity contribution < 1.29 is 27.5 Å². The highest BCUT2D eigenvalue weighted by Gasteiger charge is 2.38. The van der Waals surface area contributed by atoms with Gasteiger partial charge in [0.25, 0.3) is 5.91 Å². The van der Waals surface area contributed by atoms with E-state index in [2.05, 4.69) is 42.3 Å². The van der Waals surface area contributed by atoms with Crippen molar-refractivity contribution in [3.05, 3.63) is 59.0 Å². The number of halogens is 3. The highest BCUT2D eigenvalue weighted by atomic mass is 19.4. The maximum atomic E-state index is 13.1. The Morgan fingerprint density at radius 3 is 2.94 bits per heavy atom. The van der Waals surface area contributed by atoms with E-state index < -0.39 is 36.0 Å². The first-order valence-corrected chi connectivity index (χ1v) is 9.19.